The highest BCUT2D eigenvalue weighted by atomic mass is 16.5. The number of nitrogens with one attached hydrogen (secondary N) is 2. The van der Waals surface area contributed by atoms with Gasteiger partial charge in [0.15, 0.2) is 5.78 Å². The van der Waals surface area contributed by atoms with Crippen molar-refractivity contribution in [3.63, 3.8) is 0 Å². The van der Waals surface area contributed by atoms with Crippen LogP contribution < -0.4 is 10.6 Å². The molecule has 0 spiro atoms. The number of hydrogen-bond acceptors (Lipinski definition) is 5. The fourth-order valence-corrected chi connectivity index (χ4v) is 3.21. The van der Waals surface area contributed by atoms with Gasteiger partial charge in [-0.3, -0.25) is 4.79 Å². The highest BCUT2D eigenvalue weighted by Crippen LogP contribution is 2.20. The molecule has 28 heavy (non-hydrogen) atoms. The molecule has 0 aliphatic carbocycles. The maximum absolute atomic E-state index is 12.8. The molecule has 0 aliphatic heterocycles. The molecule has 0 aromatic heterocycles. The minimum absolute atomic E-state index is 0.153. The number of hydrogen-bond donors (Lipinski definition) is 3. The molecule has 1 amide bonds. The Balaban J connectivity index is 2.40. The summed E-state index contributed by atoms with van der Waals surface area (Å²) in [7, 11) is 0. The third-order valence-corrected chi connectivity index (χ3v) is 5.13. The van der Waals surface area contributed by atoms with Gasteiger partial charge in [0.25, 0.3) is 0 Å². The summed E-state index contributed by atoms with van der Waals surface area (Å²) in [4.78, 5) is 24.6. The molecule has 0 saturated carbocycles. The molecule has 0 aliphatic rings. The van der Waals surface area contributed by atoms with Crippen LogP contribution >= 0.6 is 0 Å². The van der Waals surface area contributed by atoms with Crippen LogP contribution in [0.25, 0.3) is 0 Å². The Morgan fingerprint density at radius 3 is 2.36 bits per heavy atom. The SMILES string of the molecule is CCCCC[C@H](O)C(=O)C(CC)(CC)NCCNC(=O)OCc1ccccc1. The summed E-state index contributed by atoms with van der Waals surface area (Å²) in [6, 6.07) is 9.48. The van der Waals surface area contributed by atoms with Crippen molar-refractivity contribution in [2.24, 2.45) is 0 Å². The number of Topliss-reactive ketones (excluding diaryl/α,β-unsaturated/α-hetero) is 1. The van der Waals surface area contributed by atoms with Crippen molar-refractivity contribution in [1.29, 1.82) is 0 Å². The molecule has 1 aromatic carbocycles. The number of benzene rings is 1. The van der Waals surface area contributed by atoms with Gasteiger partial charge in [-0.1, -0.05) is 70.4 Å². The van der Waals surface area contributed by atoms with Gasteiger partial charge in [0.05, 0.1) is 5.54 Å². The molecule has 0 fully saturated rings. The number of aliphatic hydroxyl groups is 1. The molecule has 6 heteroatoms. The van der Waals surface area contributed by atoms with Crippen LogP contribution in [-0.2, 0) is 16.1 Å². The van der Waals surface area contributed by atoms with E-state index in [1.165, 1.54) is 0 Å². The number of unbranched alkanes of at least 4 members (excludes halogenated alkanes) is 2. The van der Waals surface area contributed by atoms with Gasteiger partial charge in [0.2, 0.25) is 0 Å². The van der Waals surface area contributed by atoms with E-state index >= 15 is 0 Å². The first-order chi connectivity index (χ1) is 13.5. The van der Waals surface area contributed by atoms with E-state index in [0.717, 1.165) is 24.8 Å². The van der Waals surface area contributed by atoms with Gasteiger partial charge >= 0.3 is 6.09 Å². The average molecular weight is 393 g/mol. The maximum Gasteiger partial charge on any atom is 0.407 e. The van der Waals surface area contributed by atoms with Gasteiger partial charge in [-0.15, -0.1) is 0 Å². The third kappa shape index (κ3) is 7.98. The lowest BCUT2D eigenvalue weighted by Crippen LogP contribution is -2.56. The highest BCUT2D eigenvalue weighted by molar-refractivity contribution is 5.92. The summed E-state index contributed by atoms with van der Waals surface area (Å²) >= 11 is 0. The van der Waals surface area contributed by atoms with Crippen LogP contribution in [0.3, 0.4) is 0 Å². The normalized spacial score (nSPS) is 12.4. The number of ether oxygens (including phenoxy) is 1. The first-order valence-electron chi connectivity index (χ1n) is 10.4. The molecular formula is C22H36N2O4. The van der Waals surface area contributed by atoms with Gasteiger partial charge in [-0.05, 0) is 24.8 Å². The summed E-state index contributed by atoms with van der Waals surface area (Å²) in [5.41, 5.74) is 0.163. The average Bonchev–Trinajstić information content (AvgIpc) is 2.73. The van der Waals surface area contributed by atoms with Crippen LogP contribution in [0.15, 0.2) is 30.3 Å². The second-order valence-corrected chi connectivity index (χ2v) is 7.08. The molecule has 0 bridgehead atoms. The van der Waals surface area contributed by atoms with E-state index in [-0.39, 0.29) is 12.4 Å². The van der Waals surface area contributed by atoms with Crippen molar-refractivity contribution >= 4 is 11.9 Å². The molecule has 1 atom stereocenters. The van der Waals surface area contributed by atoms with Gasteiger partial charge in [0.1, 0.15) is 12.7 Å². The summed E-state index contributed by atoms with van der Waals surface area (Å²) in [5, 5.41) is 16.2. The summed E-state index contributed by atoms with van der Waals surface area (Å²) in [6.45, 7) is 6.96. The van der Waals surface area contributed by atoms with Crippen molar-refractivity contribution in [1.82, 2.24) is 10.6 Å². The second-order valence-electron chi connectivity index (χ2n) is 7.08. The molecule has 3 N–H and O–H groups in total. The van der Waals surface area contributed by atoms with Crippen LogP contribution in [0.2, 0.25) is 0 Å². The van der Waals surface area contributed by atoms with Crippen LogP contribution in [0, 0.1) is 0 Å². The molecule has 1 aromatic rings. The van der Waals surface area contributed by atoms with Gasteiger partial charge in [-0.25, -0.2) is 4.79 Å². The van der Waals surface area contributed by atoms with E-state index in [4.69, 9.17) is 4.74 Å². The predicted octanol–water partition coefficient (Wildman–Crippen LogP) is 3.57. The highest BCUT2D eigenvalue weighted by Gasteiger charge is 2.37. The Morgan fingerprint density at radius 2 is 1.75 bits per heavy atom. The van der Waals surface area contributed by atoms with Gasteiger partial charge in [-0.2, -0.15) is 0 Å². The Bertz CT molecular complexity index is 573. The van der Waals surface area contributed by atoms with Gasteiger partial charge < -0.3 is 20.5 Å². The van der Waals surface area contributed by atoms with E-state index in [1.807, 2.05) is 44.2 Å². The lowest BCUT2D eigenvalue weighted by molar-refractivity contribution is -0.134. The molecule has 158 valence electrons. The first kappa shape index (κ1) is 24.1. The zero-order valence-electron chi connectivity index (χ0n) is 17.5. The number of carbonyl (C=O) groups excluding carboxylic acids is 2. The molecule has 0 unspecified atom stereocenters. The van der Waals surface area contributed by atoms with E-state index in [9.17, 15) is 14.7 Å². The number of alkyl carbamates (subject to hydrolysis) is 1. The smallest absolute Gasteiger partial charge is 0.407 e. The lowest BCUT2D eigenvalue weighted by Gasteiger charge is -2.33. The lowest BCUT2D eigenvalue weighted by atomic mass is 9.83. The number of aliphatic hydroxyl groups excluding tert-OH is 1. The standard InChI is InChI=1S/C22H36N2O4/c1-4-7-9-14-19(25)20(26)22(5-2,6-3)24-16-15-23-21(27)28-17-18-12-10-8-11-13-18/h8,10-13,19,24-25H,4-7,9,14-17H2,1-3H3,(H,23,27)/t19-/m0/s1. The van der Waals surface area contributed by atoms with Crippen LogP contribution in [0.5, 0.6) is 0 Å². The van der Waals surface area contributed by atoms with E-state index in [1.54, 1.807) is 0 Å². The summed E-state index contributed by atoms with van der Waals surface area (Å²) in [6.07, 6.45) is 3.16. The summed E-state index contributed by atoms with van der Waals surface area (Å²) < 4.78 is 5.17. The van der Waals surface area contributed by atoms with Crippen molar-refractivity contribution in [2.75, 3.05) is 13.1 Å². The quantitative estimate of drug-likeness (QED) is 0.421. The number of carbonyl (C=O) groups is 2. The molecular weight excluding hydrogens is 356 g/mol. The second kappa shape index (κ2) is 13.3. The molecule has 0 heterocycles. The van der Waals surface area contributed by atoms with Crippen molar-refractivity contribution in [2.45, 2.75) is 77.5 Å². The Hall–Kier alpha value is -1.92. The minimum Gasteiger partial charge on any atom is -0.445 e. The van der Waals surface area contributed by atoms with Crippen LogP contribution in [0.4, 0.5) is 4.79 Å². The minimum atomic E-state index is -0.942. The largest absolute Gasteiger partial charge is 0.445 e. The number of ketones is 1. The van der Waals surface area contributed by atoms with E-state index in [0.29, 0.717) is 32.4 Å². The first-order valence-corrected chi connectivity index (χ1v) is 10.4. The van der Waals surface area contributed by atoms with Crippen molar-refractivity contribution in [3.05, 3.63) is 35.9 Å². The fraction of sp³-hybridized carbons (Fsp3) is 0.636. The third-order valence-electron chi connectivity index (χ3n) is 5.13. The Labute approximate surface area is 169 Å². The Morgan fingerprint density at radius 1 is 1.07 bits per heavy atom. The monoisotopic (exact) mass is 392 g/mol. The van der Waals surface area contributed by atoms with Crippen molar-refractivity contribution < 1.29 is 19.4 Å². The van der Waals surface area contributed by atoms with Crippen LogP contribution in [0.1, 0.15) is 64.9 Å². The molecule has 0 saturated heterocycles. The molecule has 6 nitrogen and oxygen atoms in total. The topological polar surface area (TPSA) is 87.7 Å². The van der Waals surface area contributed by atoms with Gasteiger partial charge in [0, 0.05) is 13.1 Å². The van der Waals surface area contributed by atoms with E-state index in [2.05, 4.69) is 17.6 Å². The predicted molar refractivity (Wildman–Crippen MR) is 111 cm³/mol. The molecule has 1 rings (SSSR count). The number of amides is 1. The van der Waals surface area contributed by atoms with Crippen LogP contribution in [-0.4, -0.2) is 41.7 Å². The summed E-state index contributed by atoms with van der Waals surface area (Å²) in [5.74, 6) is -0.153. The van der Waals surface area contributed by atoms with E-state index < -0.39 is 17.7 Å². The van der Waals surface area contributed by atoms with Crippen molar-refractivity contribution in [3.8, 4) is 0 Å². The zero-order chi connectivity index (χ0) is 20.8. The fourth-order valence-electron chi connectivity index (χ4n) is 3.21. The molecule has 0 radical (unpaired) electrons. The maximum atomic E-state index is 12.8. The zero-order valence-corrected chi connectivity index (χ0v) is 17.5. The number of rotatable bonds is 14. The Kier molecular flexibility index (Phi) is 11.4.